The average Bonchev–Trinajstić information content (AvgIpc) is 3.49. The van der Waals surface area contributed by atoms with Crippen molar-refractivity contribution in [1.82, 2.24) is 0 Å². The van der Waals surface area contributed by atoms with Gasteiger partial charge in [-0.2, -0.15) is 0 Å². The van der Waals surface area contributed by atoms with Crippen LogP contribution in [0.1, 0.15) is 72.2 Å². The molecule has 2 aliphatic rings. The van der Waals surface area contributed by atoms with Crippen molar-refractivity contribution >= 4 is 28.2 Å². The Hall–Kier alpha value is -6.70. The maximum Gasteiger partial charge on any atom is 0.0540 e. The fourth-order valence-electron chi connectivity index (χ4n) is 9.68. The number of fused-ring (bicyclic) bond motifs is 5. The lowest BCUT2D eigenvalue weighted by atomic mass is 9.65. The Balaban J connectivity index is 1.28. The van der Waals surface area contributed by atoms with Gasteiger partial charge >= 0.3 is 0 Å². The van der Waals surface area contributed by atoms with Crippen molar-refractivity contribution in [2.24, 2.45) is 0 Å². The van der Waals surface area contributed by atoms with Gasteiger partial charge in [-0.15, -0.1) is 0 Å². The summed E-state index contributed by atoms with van der Waals surface area (Å²) in [6.45, 7) is 9.50. The Morgan fingerprint density at radius 2 is 0.807 bits per heavy atom. The predicted octanol–water partition coefficient (Wildman–Crippen LogP) is 14.8. The second kappa shape index (κ2) is 13.5. The van der Waals surface area contributed by atoms with E-state index in [1.807, 2.05) is 0 Å². The molecule has 0 saturated carbocycles. The Labute approximate surface area is 337 Å². The van der Waals surface area contributed by atoms with Crippen LogP contribution in [0.25, 0.3) is 33.4 Å². The van der Waals surface area contributed by atoms with Crippen LogP contribution in [0.5, 0.6) is 0 Å². The van der Waals surface area contributed by atoms with Crippen LogP contribution in [-0.4, -0.2) is 0 Å². The molecule has 0 N–H and O–H groups in total. The number of nitrogens with zero attached hydrogens (tertiary/aromatic N) is 1. The van der Waals surface area contributed by atoms with Gasteiger partial charge in [-0.05, 0) is 103 Å². The molecule has 0 saturated heterocycles. The van der Waals surface area contributed by atoms with Gasteiger partial charge in [0.05, 0.1) is 5.69 Å². The van der Waals surface area contributed by atoms with Crippen LogP contribution in [0.3, 0.4) is 0 Å². The summed E-state index contributed by atoms with van der Waals surface area (Å²) in [5, 5.41) is 0. The van der Waals surface area contributed by atoms with Gasteiger partial charge < -0.3 is 4.90 Å². The van der Waals surface area contributed by atoms with Crippen LogP contribution in [0.4, 0.5) is 17.1 Å². The minimum atomic E-state index is -0.220. The van der Waals surface area contributed by atoms with Crippen LogP contribution in [0.2, 0.25) is 0 Å². The van der Waals surface area contributed by atoms with Gasteiger partial charge in [0, 0.05) is 27.8 Å². The summed E-state index contributed by atoms with van der Waals surface area (Å²) in [7, 11) is 0. The molecule has 0 bridgehead atoms. The van der Waals surface area contributed by atoms with Crippen molar-refractivity contribution in [3.63, 3.8) is 0 Å². The summed E-state index contributed by atoms with van der Waals surface area (Å²) < 4.78 is 0. The molecule has 8 aromatic rings. The number of hydrogen-bond donors (Lipinski definition) is 0. The van der Waals surface area contributed by atoms with E-state index in [2.05, 4.69) is 233 Å². The van der Waals surface area contributed by atoms with Crippen molar-refractivity contribution < 1.29 is 0 Å². The van der Waals surface area contributed by atoms with Gasteiger partial charge in [-0.3, -0.25) is 0 Å². The first-order valence-electron chi connectivity index (χ1n) is 20.1. The second-order valence-corrected chi connectivity index (χ2v) is 16.5. The number of para-hydroxylation sites is 1. The molecule has 57 heavy (non-hydrogen) atoms. The lowest BCUT2D eigenvalue weighted by Gasteiger charge is -2.39. The molecule has 0 aliphatic heterocycles. The number of hydrogen-bond acceptors (Lipinski definition) is 1. The fraction of sp³-hybridized carbons (Fsp3) is 0.107. The number of benzene rings is 8. The first kappa shape index (κ1) is 34.8. The monoisotopic (exact) mass is 731 g/mol. The van der Waals surface area contributed by atoms with Crippen molar-refractivity contribution in [2.45, 2.75) is 38.5 Å². The van der Waals surface area contributed by atoms with E-state index in [9.17, 15) is 0 Å². The third kappa shape index (κ3) is 5.60. The molecule has 8 aromatic carbocycles. The largest absolute Gasteiger partial charge is 0.310 e. The molecule has 0 radical (unpaired) electrons. The summed E-state index contributed by atoms with van der Waals surface area (Å²) in [6, 6.07) is 73.9. The van der Waals surface area contributed by atoms with Gasteiger partial charge in [0.25, 0.3) is 0 Å². The Morgan fingerprint density at radius 1 is 0.351 bits per heavy atom. The van der Waals surface area contributed by atoms with Crippen LogP contribution in [0.15, 0.2) is 200 Å². The van der Waals surface area contributed by atoms with Gasteiger partial charge in [-0.25, -0.2) is 0 Å². The zero-order valence-electron chi connectivity index (χ0n) is 33.0. The molecule has 10 rings (SSSR count). The lowest BCUT2D eigenvalue weighted by Crippen LogP contribution is -2.27. The Morgan fingerprint density at radius 3 is 1.47 bits per heavy atom. The smallest absolute Gasteiger partial charge is 0.0540 e. The molecule has 0 spiro atoms. The van der Waals surface area contributed by atoms with E-state index >= 15 is 0 Å². The first-order valence-corrected chi connectivity index (χ1v) is 20.1. The topological polar surface area (TPSA) is 3.24 Å². The highest BCUT2D eigenvalue weighted by atomic mass is 15.1. The highest BCUT2D eigenvalue weighted by molar-refractivity contribution is 6.08. The lowest BCUT2D eigenvalue weighted by molar-refractivity contribution is 0.630. The Bertz CT molecular complexity index is 2780. The van der Waals surface area contributed by atoms with Crippen molar-refractivity contribution in [3.8, 4) is 22.3 Å². The van der Waals surface area contributed by atoms with Crippen molar-refractivity contribution in [2.75, 3.05) is 4.90 Å². The maximum atomic E-state index is 2.50. The zero-order chi connectivity index (χ0) is 38.7. The van der Waals surface area contributed by atoms with Crippen molar-refractivity contribution in [1.29, 1.82) is 0 Å². The van der Waals surface area contributed by atoms with E-state index in [1.165, 1.54) is 77.9 Å². The third-order valence-corrected chi connectivity index (χ3v) is 12.5. The van der Waals surface area contributed by atoms with Gasteiger partial charge in [0.15, 0.2) is 0 Å². The summed E-state index contributed by atoms with van der Waals surface area (Å²) in [6.07, 6.45) is 0. The molecule has 0 amide bonds. The minimum Gasteiger partial charge on any atom is -0.310 e. The van der Waals surface area contributed by atoms with E-state index in [0.717, 1.165) is 17.1 Å². The normalized spacial score (nSPS) is 14.2. The molecule has 1 heteroatoms. The Kier molecular flexibility index (Phi) is 8.23. The highest BCUT2D eigenvalue weighted by Gasteiger charge is 2.38. The molecule has 0 heterocycles. The van der Waals surface area contributed by atoms with E-state index in [0.29, 0.717) is 0 Å². The molecular formula is C56H45N. The summed E-state index contributed by atoms with van der Waals surface area (Å²) in [5.41, 5.74) is 21.0. The predicted molar refractivity (Wildman–Crippen MR) is 241 cm³/mol. The molecule has 2 aliphatic carbocycles. The SMILES string of the molecule is CC1(C)c2ccccc2C(=C(c2ccccc2)c2ccccc2)c2cc(N(c3ccc4c(c3)C(C)(C)c3ccccc3-4)c3ccccc3-c3ccccc3)ccc21. The summed E-state index contributed by atoms with van der Waals surface area (Å²) in [5.74, 6) is 0. The maximum absolute atomic E-state index is 2.50. The zero-order valence-corrected chi connectivity index (χ0v) is 33.0. The molecule has 0 atom stereocenters. The second-order valence-electron chi connectivity index (χ2n) is 16.5. The first-order chi connectivity index (χ1) is 27.8. The van der Waals surface area contributed by atoms with Gasteiger partial charge in [-0.1, -0.05) is 198 Å². The molecule has 1 nitrogen and oxygen atoms in total. The number of rotatable bonds is 6. The van der Waals surface area contributed by atoms with E-state index in [1.54, 1.807) is 0 Å². The van der Waals surface area contributed by atoms with Gasteiger partial charge in [0.2, 0.25) is 0 Å². The van der Waals surface area contributed by atoms with Crippen LogP contribution >= 0.6 is 0 Å². The standard InChI is InChI=1S/C56H45N/c1-55(2)49-30-18-15-28-46(49)54(53(39-22-10-6-11-23-39)40-24-12-7-13-25-40)47-36-41(33-35-50(47)55)57(52-31-19-16-26-43(52)38-20-8-5-9-21-38)42-32-34-45-44-27-14-17-29-48(44)56(3,4)51(45)37-42/h5-37H,1-4H3. The quantitative estimate of drug-likeness (QED) is 0.165. The minimum absolute atomic E-state index is 0.133. The van der Waals surface area contributed by atoms with Gasteiger partial charge in [0.1, 0.15) is 0 Å². The number of anilines is 3. The molecular weight excluding hydrogens is 687 g/mol. The fourth-order valence-corrected chi connectivity index (χ4v) is 9.68. The average molecular weight is 732 g/mol. The molecule has 0 aromatic heterocycles. The van der Waals surface area contributed by atoms with E-state index in [-0.39, 0.29) is 10.8 Å². The van der Waals surface area contributed by atoms with Crippen molar-refractivity contribution in [3.05, 3.63) is 245 Å². The molecule has 274 valence electrons. The van der Waals surface area contributed by atoms with Crippen LogP contribution < -0.4 is 4.90 Å². The summed E-state index contributed by atoms with van der Waals surface area (Å²) >= 11 is 0. The van der Waals surface area contributed by atoms with Crippen LogP contribution in [-0.2, 0) is 10.8 Å². The molecule has 0 unspecified atom stereocenters. The van der Waals surface area contributed by atoms with E-state index in [4.69, 9.17) is 0 Å². The highest BCUT2D eigenvalue weighted by Crippen LogP contribution is 2.54. The summed E-state index contributed by atoms with van der Waals surface area (Å²) in [4.78, 5) is 2.50. The van der Waals surface area contributed by atoms with E-state index < -0.39 is 0 Å². The van der Waals surface area contributed by atoms with Crippen LogP contribution in [0, 0.1) is 0 Å². The third-order valence-electron chi connectivity index (χ3n) is 12.5. The molecule has 0 fully saturated rings.